The maximum atomic E-state index is 13.5. The Labute approximate surface area is 186 Å². The normalized spacial score (nSPS) is 13.5. The number of aromatic nitrogens is 1. The van der Waals surface area contributed by atoms with Crippen molar-refractivity contribution in [3.63, 3.8) is 0 Å². The average molecular weight is 440 g/mol. The molecule has 1 N–H and O–H groups in total. The fourth-order valence-electron chi connectivity index (χ4n) is 3.13. The summed E-state index contributed by atoms with van der Waals surface area (Å²) in [6.07, 6.45) is 14.1. The Morgan fingerprint density at radius 1 is 1.29 bits per heavy atom. The van der Waals surface area contributed by atoms with E-state index >= 15 is 0 Å². The molecule has 7 heteroatoms. The lowest BCUT2D eigenvalue weighted by Gasteiger charge is -2.21. The number of amides is 1. The van der Waals surface area contributed by atoms with Gasteiger partial charge in [0, 0.05) is 31.4 Å². The van der Waals surface area contributed by atoms with Crippen LogP contribution in [0, 0.1) is 5.82 Å². The Kier molecular flexibility index (Phi) is 7.26. The van der Waals surface area contributed by atoms with Gasteiger partial charge in [0.25, 0.3) is 5.91 Å². The lowest BCUT2D eigenvalue weighted by molar-refractivity contribution is 0.0993. The van der Waals surface area contributed by atoms with Crippen molar-refractivity contribution < 1.29 is 13.9 Å². The van der Waals surface area contributed by atoms with Crippen LogP contribution in [-0.4, -0.2) is 32.1 Å². The molecule has 0 radical (unpaired) electrons. The highest BCUT2D eigenvalue weighted by atomic mass is 35.5. The smallest absolute Gasteiger partial charge is 0.258 e. The summed E-state index contributed by atoms with van der Waals surface area (Å²) >= 11 is 5.86. The number of carbonyl (C=O) groups excluding carboxylic acids is 1. The lowest BCUT2D eigenvalue weighted by atomic mass is 10.1. The second kappa shape index (κ2) is 10.1. The van der Waals surface area contributed by atoms with E-state index in [1.807, 2.05) is 36.5 Å². The predicted molar refractivity (Wildman–Crippen MR) is 124 cm³/mol. The molecule has 0 saturated heterocycles. The second-order valence-electron chi connectivity index (χ2n) is 6.79. The van der Waals surface area contributed by atoms with Crippen molar-refractivity contribution in [1.82, 2.24) is 4.98 Å². The van der Waals surface area contributed by atoms with Gasteiger partial charge in [0.15, 0.2) is 0 Å². The largest absolute Gasteiger partial charge is 0.497 e. The van der Waals surface area contributed by atoms with E-state index in [0.717, 1.165) is 23.3 Å². The number of nitrogens with one attached hydrogen (secondary N) is 1. The van der Waals surface area contributed by atoms with E-state index in [1.54, 1.807) is 33.5 Å². The van der Waals surface area contributed by atoms with Crippen LogP contribution in [0.2, 0.25) is 5.02 Å². The molecule has 1 aromatic carbocycles. The van der Waals surface area contributed by atoms with Crippen molar-refractivity contribution in [3.8, 4) is 0 Å². The van der Waals surface area contributed by atoms with Gasteiger partial charge < -0.3 is 15.0 Å². The second-order valence-corrected chi connectivity index (χ2v) is 7.20. The summed E-state index contributed by atoms with van der Waals surface area (Å²) < 4.78 is 18.8. The summed E-state index contributed by atoms with van der Waals surface area (Å²) in [5, 5.41) is 2.97. The van der Waals surface area contributed by atoms with Crippen LogP contribution < -0.4 is 10.2 Å². The van der Waals surface area contributed by atoms with Crippen molar-refractivity contribution in [3.05, 3.63) is 94.1 Å². The van der Waals surface area contributed by atoms with E-state index in [4.69, 9.17) is 16.3 Å². The van der Waals surface area contributed by atoms with Crippen LogP contribution in [0.4, 0.5) is 15.9 Å². The molecule has 160 valence electrons. The van der Waals surface area contributed by atoms with Gasteiger partial charge in [0.2, 0.25) is 0 Å². The van der Waals surface area contributed by atoms with Crippen molar-refractivity contribution in [2.24, 2.45) is 0 Å². The summed E-state index contributed by atoms with van der Waals surface area (Å²) in [5.74, 6) is 0.532. The van der Waals surface area contributed by atoms with Gasteiger partial charge in [0.1, 0.15) is 17.4 Å². The molecule has 1 aliphatic carbocycles. The summed E-state index contributed by atoms with van der Waals surface area (Å²) in [6, 6.07) is 5.68. The van der Waals surface area contributed by atoms with Crippen LogP contribution >= 0.6 is 11.6 Å². The minimum atomic E-state index is -0.567. The number of methoxy groups -OCH3 is 1. The van der Waals surface area contributed by atoms with Crippen molar-refractivity contribution in [2.45, 2.75) is 6.42 Å². The Bertz CT molecular complexity index is 1110. The number of hydrogen-bond donors (Lipinski definition) is 1. The average Bonchev–Trinajstić information content (AvgIpc) is 3.03. The van der Waals surface area contributed by atoms with Gasteiger partial charge in [0.05, 0.1) is 17.8 Å². The van der Waals surface area contributed by atoms with Crippen LogP contribution in [0.5, 0.6) is 0 Å². The Hall–Kier alpha value is -3.38. The van der Waals surface area contributed by atoms with Gasteiger partial charge in [-0.15, -0.1) is 0 Å². The molecule has 0 unspecified atom stereocenters. The van der Waals surface area contributed by atoms with Gasteiger partial charge in [-0.1, -0.05) is 29.8 Å². The fraction of sp³-hybridized carbons (Fsp3) is 0.167. The molecule has 1 amide bonds. The van der Waals surface area contributed by atoms with Crippen LogP contribution in [0.1, 0.15) is 22.3 Å². The van der Waals surface area contributed by atoms with Crippen molar-refractivity contribution in [2.75, 3.05) is 31.4 Å². The number of benzene rings is 1. The minimum Gasteiger partial charge on any atom is -0.497 e. The van der Waals surface area contributed by atoms with Crippen molar-refractivity contribution in [1.29, 1.82) is 0 Å². The number of nitrogens with zero attached hydrogens (tertiary/aromatic N) is 2. The van der Waals surface area contributed by atoms with E-state index in [9.17, 15) is 9.18 Å². The number of halogens is 2. The third-order valence-electron chi connectivity index (χ3n) is 4.83. The van der Waals surface area contributed by atoms with Crippen LogP contribution in [0.15, 0.2) is 72.2 Å². The molecule has 0 spiro atoms. The zero-order chi connectivity index (χ0) is 22.4. The molecular weight excluding hydrogens is 417 g/mol. The highest BCUT2D eigenvalue weighted by Crippen LogP contribution is 2.29. The molecule has 1 heterocycles. The SMILES string of the molecule is CNc1nccc(N(C)C(=O)c2ccc(F)c(Cl)c2)c1/C=C/C1=CC=C(OC)C=CC1. The van der Waals surface area contributed by atoms with Gasteiger partial charge >= 0.3 is 0 Å². The molecule has 0 atom stereocenters. The molecule has 0 aliphatic heterocycles. The number of anilines is 2. The zero-order valence-corrected chi connectivity index (χ0v) is 18.3. The first-order chi connectivity index (χ1) is 14.9. The van der Waals surface area contributed by atoms with Gasteiger partial charge in [-0.25, -0.2) is 9.37 Å². The molecule has 2 aromatic rings. The first kappa shape index (κ1) is 22.3. The van der Waals surface area contributed by atoms with Crippen LogP contribution in [0.25, 0.3) is 6.08 Å². The molecule has 3 rings (SSSR count). The first-order valence-electron chi connectivity index (χ1n) is 9.64. The van der Waals surface area contributed by atoms with Gasteiger partial charge in [-0.05, 0) is 54.5 Å². The summed E-state index contributed by atoms with van der Waals surface area (Å²) in [7, 11) is 5.06. The maximum absolute atomic E-state index is 13.5. The molecule has 1 aliphatic rings. The Balaban J connectivity index is 1.96. The zero-order valence-electron chi connectivity index (χ0n) is 17.5. The number of pyridine rings is 1. The van der Waals surface area contributed by atoms with E-state index < -0.39 is 5.82 Å². The molecule has 31 heavy (non-hydrogen) atoms. The number of ether oxygens (including phenoxy) is 1. The monoisotopic (exact) mass is 439 g/mol. The highest BCUT2D eigenvalue weighted by Gasteiger charge is 2.19. The highest BCUT2D eigenvalue weighted by molar-refractivity contribution is 6.31. The Morgan fingerprint density at radius 3 is 2.81 bits per heavy atom. The van der Waals surface area contributed by atoms with E-state index in [0.29, 0.717) is 17.1 Å². The molecule has 0 saturated carbocycles. The van der Waals surface area contributed by atoms with E-state index in [-0.39, 0.29) is 10.9 Å². The molecule has 5 nitrogen and oxygen atoms in total. The number of allylic oxidation sites excluding steroid dienone is 6. The van der Waals surface area contributed by atoms with Gasteiger partial charge in [-0.3, -0.25) is 4.79 Å². The summed E-state index contributed by atoms with van der Waals surface area (Å²) in [6.45, 7) is 0. The van der Waals surface area contributed by atoms with Gasteiger partial charge in [-0.2, -0.15) is 0 Å². The van der Waals surface area contributed by atoms with Crippen LogP contribution in [-0.2, 0) is 4.74 Å². The topological polar surface area (TPSA) is 54.5 Å². The quantitative estimate of drug-likeness (QED) is 0.634. The molecule has 1 aromatic heterocycles. The van der Waals surface area contributed by atoms with E-state index in [2.05, 4.69) is 10.3 Å². The molecular formula is C24H23ClFN3O2. The predicted octanol–water partition coefficient (Wildman–Crippen LogP) is 5.62. The van der Waals surface area contributed by atoms with E-state index in [1.165, 1.54) is 23.1 Å². The summed E-state index contributed by atoms with van der Waals surface area (Å²) in [5.41, 5.74) is 2.76. The minimum absolute atomic E-state index is 0.0955. The third-order valence-corrected chi connectivity index (χ3v) is 5.12. The third kappa shape index (κ3) is 5.22. The number of rotatable bonds is 6. The lowest BCUT2D eigenvalue weighted by Crippen LogP contribution is -2.27. The standard InChI is InChI=1S/C24H23ClFN3O2/c1-27-23-19(11-8-16-5-4-6-18(31-3)10-7-16)22(13-14-28-23)29(2)24(30)17-9-12-21(26)20(25)15-17/h4,6-15H,5H2,1-3H3,(H,27,28)/b11-8+. The fourth-order valence-corrected chi connectivity index (χ4v) is 3.31. The molecule has 0 fully saturated rings. The number of hydrogen-bond acceptors (Lipinski definition) is 4. The Morgan fingerprint density at radius 2 is 2.10 bits per heavy atom. The maximum Gasteiger partial charge on any atom is 0.258 e. The molecule has 0 bridgehead atoms. The van der Waals surface area contributed by atoms with Crippen LogP contribution in [0.3, 0.4) is 0 Å². The van der Waals surface area contributed by atoms with Crippen molar-refractivity contribution >= 4 is 35.1 Å². The first-order valence-corrected chi connectivity index (χ1v) is 10.0. The number of carbonyl (C=O) groups is 1. The summed E-state index contributed by atoms with van der Waals surface area (Å²) in [4.78, 5) is 18.9.